The van der Waals surface area contributed by atoms with Crippen LogP contribution in [0.4, 0.5) is 17.1 Å². The maximum absolute atomic E-state index is 12.8. The third-order valence-corrected chi connectivity index (χ3v) is 9.55. The molecule has 5 N–H and O–H groups in total. The van der Waals surface area contributed by atoms with Gasteiger partial charge in [0.05, 0.1) is 32.6 Å². The largest absolute Gasteiger partial charge is 0.478 e. The number of hydroxylamine groups is 1. The van der Waals surface area contributed by atoms with Crippen molar-refractivity contribution in [1.82, 2.24) is 5.48 Å². The van der Waals surface area contributed by atoms with Gasteiger partial charge in [0.2, 0.25) is 0 Å². The molecule has 0 aliphatic carbocycles. The molecule has 0 bridgehead atoms. The van der Waals surface area contributed by atoms with Crippen LogP contribution in [0, 0.1) is 20.2 Å². The van der Waals surface area contributed by atoms with Crippen molar-refractivity contribution in [2.45, 2.75) is 25.3 Å². The molecule has 6 aromatic rings. The molecule has 0 aliphatic rings. The van der Waals surface area contributed by atoms with Crippen LogP contribution in [0.25, 0.3) is 0 Å². The van der Waals surface area contributed by atoms with E-state index in [1.165, 1.54) is 0 Å². The molecule has 59 heavy (non-hydrogen) atoms. The number of carboxylic acid groups (broad SMARTS) is 2. The number of nitro benzene ring substituents is 2. The molecule has 1 atom stereocenters. The Labute approximate surface area is 335 Å². The molecule has 6 rings (SSSR count). The van der Waals surface area contributed by atoms with E-state index in [0.29, 0.717) is 34.2 Å². The normalized spacial score (nSPS) is 11.6. The molecule has 1 unspecified atom stereocenters. The summed E-state index contributed by atoms with van der Waals surface area (Å²) < 4.78 is 12.0. The molecular formula is C43H34N4O12. The minimum atomic E-state index is -1.40. The van der Waals surface area contributed by atoms with Gasteiger partial charge in [0, 0.05) is 35.4 Å². The standard InChI is InChI=1S/C43H34N4O12/c1-43(2,26-5-15-32(16-6-26)58-31-13-3-25(4-14-31)39(45-53)37-23-29(46(54)55)11-21-35(37)41(49)50)27-7-17-33(18-8-27)59-34-19-9-28(10-20-34)44-40(48)38-24-30(47(56)57)12-22-36(38)42(51)52/h3-24,39,45,53H,1-2H3,(H,44,48)(H,49,50)(H,51,52). The summed E-state index contributed by atoms with van der Waals surface area (Å²) in [6, 6.07) is 33.1. The van der Waals surface area contributed by atoms with Crippen molar-refractivity contribution in [2.24, 2.45) is 0 Å². The average molecular weight is 799 g/mol. The van der Waals surface area contributed by atoms with E-state index in [4.69, 9.17) is 9.47 Å². The summed E-state index contributed by atoms with van der Waals surface area (Å²) in [6.45, 7) is 4.14. The molecule has 0 heterocycles. The van der Waals surface area contributed by atoms with Crippen LogP contribution in [-0.4, -0.2) is 43.1 Å². The van der Waals surface area contributed by atoms with Crippen LogP contribution in [0.15, 0.2) is 133 Å². The van der Waals surface area contributed by atoms with E-state index < -0.39 is 44.8 Å². The van der Waals surface area contributed by atoms with Crippen molar-refractivity contribution in [3.63, 3.8) is 0 Å². The number of benzene rings is 6. The number of carbonyl (C=O) groups excluding carboxylic acids is 1. The summed E-state index contributed by atoms with van der Waals surface area (Å²) in [4.78, 5) is 57.4. The number of non-ortho nitro benzene ring substituents is 2. The molecule has 0 saturated heterocycles. The smallest absolute Gasteiger partial charge is 0.336 e. The minimum Gasteiger partial charge on any atom is -0.478 e. The van der Waals surface area contributed by atoms with E-state index in [1.54, 1.807) is 48.5 Å². The SMILES string of the molecule is CC(C)(c1ccc(Oc2ccc(NC(=O)c3cc([N+](=O)[O-])ccc3C(=O)O)cc2)cc1)c1ccc(Oc2ccc(C(NO)c3cc([N+](=O)[O-])ccc3C(=O)O)cc2)cc1. The highest BCUT2D eigenvalue weighted by Gasteiger charge is 2.26. The Kier molecular flexibility index (Phi) is 11.8. The van der Waals surface area contributed by atoms with Gasteiger partial charge in [-0.25, -0.2) is 9.59 Å². The van der Waals surface area contributed by atoms with Gasteiger partial charge in [-0.3, -0.25) is 25.0 Å². The van der Waals surface area contributed by atoms with Crippen LogP contribution in [0.2, 0.25) is 0 Å². The van der Waals surface area contributed by atoms with Gasteiger partial charge >= 0.3 is 11.9 Å². The molecule has 16 nitrogen and oxygen atoms in total. The highest BCUT2D eigenvalue weighted by Crippen LogP contribution is 2.36. The number of nitrogens with one attached hydrogen (secondary N) is 2. The number of carbonyl (C=O) groups is 3. The Hall–Kier alpha value is -7.95. The maximum Gasteiger partial charge on any atom is 0.336 e. The van der Waals surface area contributed by atoms with Crippen molar-refractivity contribution < 1.29 is 49.1 Å². The molecular weight excluding hydrogens is 764 g/mol. The summed E-state index contributed by atoms with van der Waals surface area (Å²) in [5.74, 6) is -1.51. The summed E-state index contributed by atoms with van der Waals surface area (Å²) in [5, 5.41) is 54.1. The van der Waals surface area contributed by atoms with Gasteiger partial charge in [0.1, 0.15) is 23.0 Å². The number of anilines is 1. The monoisotopic (exact) mass is 798 g/mol. The number of nitro groups is 2. The number of amides is 1. The van der Waals surface area contributed by atoms with Crippen molar-refractivity contribution >= 4 is 34.9 Å². The van der Waals surface area contributed by atoms with E-state index in [0.717, 1.165) is 47.5 Å². The first-order valence-corrected chi connectivity index (χ1v) is 17.7. The first-order chi connectivity index (χ1) is 28.1. The van der Waals surface area contributed by atoms with E-state index in [9.17, 15) is 50.0 Å². The van der Waals surface area contributed by atoms with E-state index in [-0.39, 0.29) is 27.9 Å². The predicted molar refractivity (Wildman–Crippen MR) is 213 cm³/mol. The fourth-order valence-electron chi connectivity index (χ4n) is 6.29. The number of rotatable bonds is 15. The lowest BCUT2D eigenvalue weighted by Crippen LogP contribution is -2.21. The first kappa shape index (κ1) is 40.7. The minimum absolute atomic E-state index is 0.0160. The Morgan fingerprint density at radius 2 is 1.02 bits per heavy atom. The number of ether oxygens (including phenoxy) is 2. The molecule has 0 saturated carbocycles. The molecule has 0 radical (unpaired) electrons. The lowest BCUT2D eigenvalue weighted by atomic mass is 9.78. The zero-order chi connectivity index (χ0) is 42.4. The van der Waals surface area contributed by atoms with Gasteiger partial charge in [0.25, 0.3) is 17.3 Å². The second-order valence-corrected chi connectivity index (χ2v) is 13.6. The lowest BCUT2D eigenvalue weighted by molar-refractivity contribution is -0.385. The van der Waals surface area contributed by atoms with Gasteiger partial charge in [0.15, 0.2) is 0 Å². The Bertz CT molecular complexity index is 2560. The molecule has 0 fully saturated rings. The van der Waals surface area contributed by atoms with Gasteiger partial charge in [-0.1, -0.05) is 50.2 Å². The summed E-state index contributed by atoms with van der Waals surface area (Å²) in [5.41, 5.74) is 2.74. The van der Waals surface area contributed by atoms with Crippen molar-refractivity contribution in [3.8, 4) is 23.0 Å². The van der Waals surface area contributed by atoms with Crippen LogP contribution < -0.4 is 20.3 Å². The highest BCUT2D eigenvalue weighted by molar-refractivity contribution is 6.11. The summed E-state index contributed by atoms with van der Waals surface area (Å²) >= 11 is 0. The predicted octanol–water partition coefficient (Wildman–Crippen LogP) is 9.13. The number of hydrogen-bond donors (Lipinski definition) is 5. The fraction of sp³-hybridized carbons (Fsp3) is 0.0930. The van der Waals surface area contributed by atoms with Gasteiger partial charge < -0.3 is 30.2 Å². The number of hydrogen-bond acceptors (Lipinski definition) is 11. The number of aromatic carboxylic acids is 2. The van der Waals surface area contributed by atoms with Gasteiger partial charge in [-0.05, 0) is 95.1 Å². The van der Waals surface area contributed by atoms with Gasteiger partial charge in [-0.15, -0.1) is 0 Å². The second-order valence-electron chi connectivity index (χ2n) is 13.6. The molecule has 0 aromatic heterocycles. The first-order valence-electron chi connectivity index (χ1n) is 17.7. The van der Waals surface area contributed by atoms with Crippen molar-refractivity contribution in [2.75, 3.05) is 5.32 Å². The Morgan fingerprint density at radius 1 is 0.593 bits per heavy atom. The van der Waals surface area contributed by atoms with E-state index in [2.05, 4.69) is 24.6 Å². The molecule has 16 heteroatoms. The quantitative estimate of drug-likeness (QED) is 0.0481. The van der Waals surface area contributed by atoms with Crippen molar-refractivity contribution in [1.29, 1.82) is 0 Å². The third kappa shape index (κ3) is 9.20. The van der Waals surface area contributed by atoms with Crippen molar-refractivity contribution in [3.05, 3.63) is 193 Å². The van der Waals surface area contributed by atoms with Crippen LogP contribution in [0.1, 0.15) is 73.2 Å². The van der Waals surface area contributed by atoms with Crippen LogP contribution in [0.5, 0.6) is 23.0 Å². The molecule has 1 amide bonds. The summed E-state index contributed by atoms with van der Waals surface area (Å²) in [7, 11) is 0. The zero-order valence-electron chi connectivity index (χ0n) is 31.2. The van der Waals surface area contributed by atoms with Gasteiger partial charge in [-0.2, -0.15) is 5.48 Å². The molecule has 0 spiro atoms. The zero-order valence-corrected chi connectivity index (χ0v) is 31.2. The number of nitrogens with zero attached hydrogens (tertiary/aromatic N) is 2. The average Bonchev–Trinajstić information content (AvgIpc) is 3.22. The third-order valence-electron chi connectivity index (χ3n) is 9.55. The second kappa shape index (κ2) is 17.0. The lowest BCUT2D eigenvalue weighted by Gasteiger charge is -2.26. The molecule has 298 valence electrons. The number of carboxylic acids is 2. The Morgan fingerprint density at radius 3 is 1.46 bits per heavy atom. The molecule has 6 aromatic carbocycles. The van der Waals surface area contributed by atoms with E-state index >= 15 is 0 Å². The van der Waals surface area contributed by atoms with E-state index in [1.807, 2.05) is 48.5 Å². The fourth-order valence-corrected chi connectivity index (χ4v) is 6.29. The highest BCUT2D eigenvalue weighted by atomic mass is 16.6. The summed E-state index contributed by atoms with van der Waals surface area (Å²) in [6.07, 6.45) is 0. The molecule has 0 aliphatic heterocycles. The van der Waals surface area contributed by atoms with Crippen LogP contribution in [0.3, 0.4) is 0 Å². The van der Waals surface area contributed by atoms with Crippen LogP contribution in [-0.2, 0) is 5.41 Å². The maximum atomic E-state index is 12.8. The Balaban J connectivity index is 1.07. The van der Waals surface area contributed by atoms with Crippen LogP contribution >= 0.6 is 0 Å². The topological polar surface area (TPSA) is 241 Å².